The summed E-state index contributed by atoms with van der Waals surface area (Å²) >= 11 is 0. The van der Waals surface area contributed by atoms with Gasteiger partial charge in [0, 0.05) is 32.5 Å². The average Bonchev–Trinajstić information content (AvgIpc) is 2.77. The Morgan fingerprint density at radius 1 is 1.61 bits per heavy atom. The summed E-state index contributed by atoms with van der Waals surface area (Å²) < 4.78 is 6.76. The molecule has 100 valence electrons. The number of carbonyl (C=O) groups excluding carboxylic acids is 1. The number of carbonyl (C=O) groups is 1. The number of hydrogen-bond acceptors (Lipinski definition) is 4. The van der Waals surface area contributed by atoms with Gasteiger partial charge in [-0.1, -0.05) is 0 Å². The standard InChI is InChI=1S/C12H19N3O3/c1-15-11(5-7-14-15)3-4-12(17)13-6-2-9-18-10-8-16/h3-5,7,16H,2,6,8-10H2,1H3,(H,13,17)/b4-3+. The number of aliphatic hydroxyl groups excluding tert-OH is 1. The van der Waals surface area contributed by atoms with Crippen molar-refractivity contribution in [3.8, 4) is 0 Å². The van der Waals surface area contributed by atoms with E-state index in [1.54, 1.807) is 17.0 Å². The Morgan fingerprint density at radius 3 is 3.11 bits per heavy atom. The summed E-state index contributed by atoms with van der Waals surface area (Å²) in [5.74, 6) is -0.140. The lowest BCUT2D eigenvalue weighted by Gasteiger charge is -2.03. The van der Waals surface area contributed by atoms with Gasteiger partial charge in [0.15, 0.2) is 0 Å². The minimum Gasteiger partial charge on any atom is -0.394 e. The van der Waals surface area contributed by atoms with Gasteiger partial charge in [-0.3, -0.25) is 9.48 Å². The minimum atomic E-state index is -0.140. The molecule has 0 bridgehead atoms. The zero-order valence-corrected chi connectivity index (χ0v) is 10.5. The fourth-order valence-electron chi connectivity index (χ4n) is 1.32. The van der Waals surface area contributed by atoms with E-state index >= 15 is 0 Å². The maximum absolute atomic E-state index is 11.4. The summed E-state index contributed by atoms with van der Waals surface area (Å²) in [6, 6.07) is 1.83. The second-order valence-electron chi connectivity index (χ2n) is 3.69. The van der Waals surface area contributed by atoms with Gasteiger partial charge in [0.2, 0.25) is 5.91 Å². The van der Waals surface area contributed by atoms with Crippen molar-refractivity contribution >= 4 is 12.0 Å². The van der Waals surface area contributed by atoms with Gasteiger partial charge in [-0.25, -0.2) is 0 Å². The van der Waals surface area contributed by atoms with Gasteiger partial charge < -0.3 is 15.2 Å². The van der Waals surface area contributed by atoms with E-state index < -0.39 is 0 Å². The van der Waals surface area contributed by atoms with Gasteiger partial charge in [-0.2, -0.15) is 5.10 Å². The van der Waals surface area contributed by atoms with Crippen LogP contribution in [0.5, 0.6) is 0 Å². The topological polar surface area (TPSA) is 76.4 Å². The van der Waals surface area contributed by atoms with E-state index in [2.05, 4.69) is 10.4 Å². The highest BCUT2D eigenvalue weighted by Gasteiger charge is 1.96. The fraction of sp³-hybridized carbons (Fsp3) is 0.500. The fourth-order valence-corrected chi connectivity index (χ4v) is 1.32. The first-order valence-electron chi connectivity index (χ1n) is 5.86. The third-order valence-corrected chi connectivity index (χ3v) is 2.26. The van der Waals surface area contributed by atoms with Crippen LogP contribution in [0.3, 0.4) is 0 Å². The molecule has 0 unspecified atom stereocenters. The van der Waals surface area contributed by atoms with E-state index in [9.17, 15) is 4.79 Å². The molecule has 0 saturated heterocycles. The summed E-state index contributed by atoms with van der Waals surface area (Å²) in [6.45, 7) is 1.46. The lowest BCUT2D eigenvalue weighted by molar-refractivity contribution is -0.116. The van der Waals surface area contributed by atoms with E-state index in [0.29, 0.717) is 19.8 Å². The van der Waals surface area contributed by atoms with Crippen LogP contribution in [-0.2, 0) is 16.6 Å². The van der Waals surface area contributed by atoms with Crippen molar-refractivity contribution in [3.63, 3.8) is 0 Å². The Balaban J connectivity index is 2.14. The predicted octanol–water partition coefficient (Wildman–Crippen LogP) is -0.0515. The second-order valence-corrected chi connectivity index (χ2v) is 3.69. The van der Waals surface area contributed by atoms with Crippen molar-refractivity contribution < 1.29 is 14.6 Å². The number of hydrogen-bond donors (Lipinski definition) is 2. The van der Waals surface area contributed by atoms with E-state index in [1.165, 1.54) is 6.08 Å². The quantitative estimate of drug-likeness (QED) is 0.503. The molecule has 0 radical (unpaired) electrons. The Kier molecular flexibility index (Phi) is 6.75. The zero-order chi connectivity index (χ0) is 13.2. The number of rotatable bonds is 8. The molecule has 0 saturated carbocycles. The Hall–Kier alpha value is -1.66. The number of nitrogens with zero attached hydrogens (tertiary/aromatic N) is 2. The Morgan fingerprint density at radius 2 is 2.44 bits per heavy atom. The highest BCUT2D eigenvalue weighted by Crippen LogP contribution is 1.98. The van der Waals surface area contributed by atoms with Crippen molar-refractivity contribution in [3.05, 3.63) is 24.0 Å². The van der Waals surface area contributed by atoms with Crippen molar-refractivity contribution in [2.75, 3.05) is 26.4 Å². The summed E-state index contributed by atoms with van der Waals surface area (Å²) in [4.78, 5) is 11.4. The minimum absolute atomic E-state index is 0.0276. The number of nitrogens with one attached hydrogen (secondary N) is 1. The smallest absolute Gasteiger partial charge is 0.244 e. The first kappa shape index (κ1) is 14.4. The molecule has 0 fully saturated rings. The largest absolute Gasteiger partial charge is 0.394 e. The van der Waals surface area contributed by atoms with Gasteiger partial charge in [-0.15, -0.1) is 0 Å². The molecule has 1 heterocycles. The van der Waals surface area contributed by atoms with Crippen molar-refractivity contribution in [2.45, 2.75) is 6.42 Å². The molecular weight excluding hydrogens is 234 g/mol. The average molecular weight is 253 g/mol. The van der Waals surface area contributed by atoms with E-state index in [0.717, 1.165) is 12.1 Å². The summed E-state index contributed by atoms with van der Waals surface area (Å²) in [6.07, 6.45) is 5.59. The SMILES string of the molecule is Cn1nccc1/C=C/C(=O)NCCCOCCO. The van der Waals surface area contributed by atoms with E-state index in [1.807, 2.05) is 13.1 Å². The molecule has 6 heteroatoms. The number of aliphatic hydroxyl groups is 1. The van der Waals surface area contributed by atoms with Crippen LogP contribution < -0.4 is 5.32 Å². The number of aryl methyl sites for hydroxylation is 1. The molecule has 0 aliphatic heterocycles. The third kappa shape index (κ3) is 5.60. The van der Waals surface area contributed by atoms with Crippen LogP contribution in [0.25, 0.3) is 6.08 Å². The van der Waals surface area contributed by atoms with Crippen LogP contribution in [0.4, 0.5) is 0 Å². The number of amides is 1. The zero-order valence-electron chi connectivity index (χ0n) is 10.5. The number of ether oxygens (including phenoxy) is 1. The Bertz CT molecular complexity index is 388. The maximum Gasteiger partial charge on any atom is 0.244 e. The lowest BCUT2D eigenvalue weighted by Crippen LogP contribution is -2.23. The van der Waals surface area contributed by atoms with Gasteiger partial charge >= 0.3 is 0 Å². The van der Waals surface area contributed by atoms with Crippen LogP contribution in [-0.4, -0.2) is 47.2 Å². The Labute approximate surface area is 106 Å². The van der Waals surface area contributed by atoms with Crippen LogP contribution >= 0.6 is 0 Å². The molecule has 1 aromatic rings. The number of aromatic nitrogens is 2. The molecule has 1 aromatic heterocycles. The lowest BCUT2D eigenvalue weighted by atomic mass is 10.3. The highest BCUT2D eigenvalue weighted by atomic mass is 16.5. The molecule has 18 heavy (non-hydrogen) atoms. The van der Waals surface area contributed by atoms with Gasteiger partial charge in [-0.05, 0) is 18.6 Å². The molecule has 0 spiro atoms. The monoisotopic (exact) mass is 253 g/mol. The molecule has 0 aromatic carbocycles. The molecule has 2 N–H and O–H groups in total. The molecule has 0 aliphatic rings. The predicted molar refractivity (Wildman–Crippen MR) is 67.8 cm³/mol. The molecule has 1 rings (SSSR count). The molecule has 6 nitrogen and oxygen atoms in total. The van der Waals surface area contributed by atoms with Crippen LogP contribution in [0.15, 0.2) is 18.3 Å². The summed E-state index contributed by atoms with van der Waals surface area (Å²) in [5.41, 5.74) is 0.872. The van der Waals surface area contributed by atoms with Gasteiger partial charge in [0.25, 0.3) is 0 Å². The second kappa shape index (κ2) is 8.43. The van der Waals surface area contributed by atoms with Crippen LogP contribution in [0, 0.1) is 0 Å². The normalized spacial score (nSPS) is 11.0. The first-order chi connectivity index (χ1) is 8.74. The van der Waals surface area contributed by atoms with Crippen LogP contribution in [0.2, 0.25) is 0 Å². The first-order valence-corrected chi connectivity index (χ1v) is 5.86. The van der Waals surface area contributed by atoms with Crippen molar-refractivity contribution in [1.82, 2.24) is 15.1 Å². The van der Waals surface area contributed by atoms with Crippen LogP contribution in [0.1, 0.15) is 12.1 Å². The van der Waals surface area contributed by atoms with Gasteiger partial charge in [0.05, 0.1) is 18.9 Å². The van der Waals surface area contributed by atoms with Crippen molar-refractivity contribution in [1.29, 1.82) is 0 Å². The maximum atomic E-state index is 11.4. The van der Waals surface area contributed by atoms with E-state index in [4.69, 9.17) is 9.84 Å². The van der Waals surface area contributed by atoms with Crippen molar-refractivity contribution in [2.24, 2.45) is 7.05 Å². The summed E-state index contributed by atoms with van der Waals surface area (Å²) in [5, 5.41) is 15.2. The highest BCUT2D eigenvalue weighted by molar-refractivity contribution is 5.91. The molecule has 0 atom stereocenters. The third-order valence-electron chi connectivity index (χ3n) is 2.26. The molecule has 0 aliphatic carbocycles. The summed E-state index contributed by atoms with van der Waals surface area (Å²) in [7, 11) is 1.82. The van der Waals surface area contributed by atoms with Gasteiger partial charge in [0.1, 0.15) is 0 Å². The van der Waals surface area contributed by atoms with E-state index in [-0.39, 0.29) is 12.5 Å². The molecule has 1 amide bonds. The molecular formula is C12H19N3O3.